The molecule has 100 valence electrons. The Hall–Kier alpha value is -1.36. The minimum atomic E-state index is -0.0203. The number of nitrogens with zero attached hydrogens (tertiary/aromatic N) is 2. The van der Waals surface area contributed by atoms with Gasteiger partial charge in [-0.3, -0.25) is 9.48 Å². The molecule has 2 atom stereocenters. The van der Waals surface area contributed by atoms with Crippen molar-refractivity contribution >= 4 is 5.91 Å². The third-order valence-corrected chi connectivity index (χ3v) is 3.38. The lowest BCUT2D eigenvalue weighted by atomic mass is 9.94. The fourth-order valence-corrected chi connectivity index (χ4v) is 2.31. The Morgan fingerprint density at radius 3 is 3.17 bits per heavy atom. The van der Waals surface area contributed by atoms with Crippen LogP contribution in [0.3, 0.4) is 0 Å². The molecule has 0 aromatic carbocycles. The standard InChI is InChI=1S/C13H22N4O/c1-10-3-4-14-12(7-10)13(18)15-5-6-17-9-11(2)8-16-17/h8-10,12,14H,3-7H2,1-2H3,(H,15,18). The van der Waals surface area contributed by atoms with E-state index in [0.29, 0.717) is 12.5 Å². The first-order chi connectivity index (χ1) is 8.65. The molecule has 0 spiro atoms. The molecule has 2 N–H and O–H groups in total. The number of carbonyl (C=O) groups excluding carboxylic acids is 1. The highest BCUT2D eigenvalue weighted by Gasteiger charge is 2.23. The monoisotopic (exact) mass is 250 g/mol. The van der Waals surface area contributed by atoms with E-state index in [1.54, 1.807) is 0 Å². The molecule has 0 aliphatic carbocycles. The summed E-state index contributed by atoms with van der Waals surface area (Å²) in [5.74, 6) is 0.751. The van der Waals surface area contributed by atoms with Crippen molar-refractivity contribution in [3.63, 3.8) is 0 Å². The van der Waals surface area contributed by atoms with Gasteiger partial charge in [0.05, 0.1) is 18.8 Å². The molecule has 1 fully saturated rings. The van der Waals surface area contributed by atoms with Crippen LogP contribution in [0.15, 0.2) is 12.4 Å². The Kier molecular flexibility index (Phi) is 4.36. The second kappa shape index (κ2) is 6.00. The van der Waals surface area contributed by atoms with Crippen molar-refractivity contribution in [2.24, 2.45) is 5.92 Å². The Labute approximate surface area is 108 Å². The van der Waals surface area contributed by atoms with Crippen molar-refractivity contribution in [2.75, 3.05) is 13.1 Å². The Morgan fingerprint density at radius 2 is 2.50 bits per heavy atom. The van der Waals surface area contributed by atoms with Gasteiger partial charge in [0.25, 0.3) is 0 Å². The minimum Gasteiger partial charge on any atom is -0.353 e. The van der Waals surface area contributed by atoms with E-state index >= 15 is 0 Å². The summed E-state index contributed by atoms with van der Waals surface area (Å²) in [6, 6.07) is -0.0203. The predicted octanol–water partition coefficient (Wildman–Crippen LogP) is 0.696. The number of piperidine rings is 1. The zero-order valence-corrected chi connectivity index (χ0v) is 11.1. The zero-order chi connectivity index (χ0) is 13.0. The molecule has 5 nitrogen and oxygen atoms in total. The Bertz CT molecular complexity index is 401. The summed E-state index contributed by atoms with van der Waals surface area (Å²) < 4.78 is 1.85. The first-order valence-electron chi connectivity index (χ1n) is 6.65. The quantitative estimate of drug-likeness (QED) is 0.827. The van der Waals surface area contributed by atoms with Crippen LogP contribution >= 0.6 is 0 Å². The smallest absolute Gasteiger partial charge is 0.237 e. The van der Waals surface area contributed by atoms with E-state index in [1.165, 1.54) is 0 Å². The number of aryl methyl sites for hydroxylation is 1. The number of rotatable bonds is 4. The number of nitrogens with one attached hydrogen (secondary N) is 2. The number of amides is 1. The van der Waals surface area contributed by atoms with E-state index < -0.39 is 0 Å². The van der Waals surface area contributed by atoms with E-state index in [1.807, 2.05) is 24.0 Å². The molecular formula is C13H22N4O. The molecule has 0 radical (unpaired) electrons. The summed E-state index contributed by atoms with van der Waals surface area (Å²) in [6.07, 6.45) is 5.91. The van der Waals surface area contributed by atoms with Gasteiger partial charge in [-0.2, -0.15) is 5.10 Å². The molecule has 5 heteroatoms. The van der Waals surface area contributed by atoms with Gasteiger partial charge < -0.3 is 10.6 Å². The Balaban J connectivity index is 1.71. The molecule has 1 amide bonds. The summed E-state index contributed by atoms with van der Waals surface area (Å²) in [7, 11) is 0. The van der Waals surface area contributed by atoms with Crippen LogP contribution in [0.4, 0.5) is 0 Å². The molecule has 1 aliphatic heterocycles. The van der Waals surface area contributed by atoms with E-state index in [4.69, 9.17) is 0 Å². The second-order valence-corrected chi connectivity index (χ2v) is 5.21. The van der Waals surface area contributed by atoms with Crippen molar-refractivity contribution in [1.82, 2.24) is 20.4 Å². The van der Waals surface area contributed by atoms with Crippen LogP contribution < -0.4 is 10.6 Å². The topological polar surface area (TPSA) is 59.0 Å². The van der Waals surface area contributed by atoms with Crippen LogP contribution in [-0.2, 0) is 11.3 Å². The molecule has 1 aromatic rings. The zero-order valence-electron chi connectivity index (χ0n) is 11.1. The molecule has 0 saturated carbocycles. The highest BCUT2D eigenvalue weighted by atomic mass is 16.2. The van der Waals surface area contributed by atoms with Gasteiger partial charge in [-0.1, -0.05) is 6.92 Å². The predicted molar refractivity (Wildman–Crippen MR) is 70.2 cm³/mol. The van der Waals surface area contributed by atoms with E-state index in [2.05, 4.69) is 22.7 Å². The van der Waals surface area contributed by atoms with Gasteiger partial charge in [0.1, 0.15) is 0 Å². The second-order valence-electron chi connectivity index (χ2n) is 5.21. The van der Waals surface area contributed by atoms with Crippen molar-refractivity contribution in [1.29, 1.82) is 0 Å². The SMILES string of the molecule is Cc1cnn(CCNC(=O)C2CC(C)CCN2)c1. The third-order valence-electron chi connectivity index (χ3n) is 3.38. The normalized spacial score (nSPS) is 23.9. The summed E-state index contributed by atoms with van der Waals surface area (Å²) in [5.41, 5.74) is 1.14. The maximum absolute atomic E-state index is 11.9. The van der Waals surface area contributed by atoms with E-state index in [9.17, 15) is 4.79 Å². The maximum atomic E-state index is 11.9. The number of hydrogen-bond donors (Lipinski definition) is 2. The lowest BCUT2D eigenvalue weighted by Crippen LogP contribution is -2.48. The number of hydrogen-bond acceptors (Lipinski definition) is 3. The molecule has 1 aliphatic rings. The molecule has 18 heavy (non-hydrogen) atoms. The van der Waals surface area contributed by atoms with Crippen LogP contribution in [0.5, 0.6) is 0 Å². The largest absolute Gasteiger partial charge is 0.353 e. The third kappa shape index (κ3) is 3.57. The fraction of sp³-hybridized carbons (Fsp3) is 0.692. The lowest BCUT2D eigenvalue weighted by molar-refractivity contribution is -0.124. The highest BCUT2D eigenvalue weighted by molar-refractivity contribution is 5.81. The molecule has 0 bridgehead atoms. The minimum absolute atomic E-state index is 0.0203. The van der Waals surface area contributed by atoms with Gasteiger partial charge in [0.15, 0.2) is 0 Å². The molecule has 1 saturated heterocycles. The number of aromatic nitrogens is 2. The van der Waals surface area contributed by atoms with Crippen LogP contribution in [0.2, 0.25) is 0 Å². The lowest BCUT2D eigenvalue weighted by Gasteiger charge is -2.27. The highest BCUT2D eigenvalue weighted by Crippen LogP contribution is 2.14. The molecule has 2 unspecified atom stereocenters. The maximum Gasteiger partial charge on any atom is 0.237 e. The van der Waals surface area contributed by atoms with Crippen molar-refractivity contribution in [2.45, 2.75) is 39.3 Å². The van der Waals surface area contributed by atoms with Gasteiger partial charge >= 0.3 is 0 Å². The summed E-state index contributed by atoms with van der Waals surface area (Å²) in [5, 5.41) is 10.4. The van der Waals surface area contributed by atoms with Gasteiger partial charge in [0.2, 0.25) is 5.91 Å². The van der Waals surface area contributed by atoms with Crippen molar-refractivity contribution in [3.05, 3.63) is 18.0 Å². The summed E-state index contributed by atoms with van der Waals surface area (Å²) >= 11 is 0. The van der Waals surface area contributed by atoms with E-state index in [-0.39, 0.29) is 11.9 Å². The van der Waals surface area contributed by atoms with E-state index in [0.717, 1.165) is 31.5 Å². The van der Waals surface area contributed by atoms with Crippen LogP contribution in [0, 0.1) is 12.8 Å². The van der Waals surface area contributed by atoms with Crippen LogP contribution in [0.25, 0.3) is 0 Å². The average Bonchev–Trinajstić information content (AvgIpc) is 2.75. The van der Waals surface area contributed by atoms with Crippen molar-refractivity contribution < 1.29 is 4.79 Å². The average molecular weight is 250 g/mol. The van der Waals surface area contributed by atoms with Crippen molar-refractivity contribution in [3.8, 4) is 0 Å². The summed E-state index contributed by atoms with van der Waals surface area (Å²) in [4.78, 5) is 11.9. The first-order valence-corrected chi connectivity index (χ1v) is 6.65. The molecular weight excluding hydrogens is 228 g/mol. The number of carbonyl (C=O) groups is 1. The molecule has 2 heterocycles. The van der Waals surface area contributed by atoms with Gasteiger partial charge in [-0.05, 0) is 37.8 Å². The summed E-state index contributed by atoms with van der Waals surface area (Å²) in [6.45, 7) is 6.51. The van der Waals surface area contributed by atoms with Gasteiger partial charge in [-0.15, -0.1) is 0 Å². The van der Waals surface area contributed by atoms with Gasteiger partial charge in [0, 0.05) is 12.7 Å². The Morgan fingerprint density at radius 1 is 1.67 bits per heavy atom. The van der Waals surface area contributed by atoms with Crippen LogP contribution in [-0.4, -0.2) is 34.8 Å². The fourth-order valence-electron chi connectivity index (χ4n) is 2.31. The van der Waals surface area contributed by atoms with Gasteiger partial charge in [-0.25, -0.2) is 0 Å². The first kappa shape index (κ1) is 13.1. The molecule has 1 aromatic heterocycles. The molecule has 2 rings (SSSR count). The van der Waals surface area contributed by atoms with Crippen LogP contribution in [0.1, 0.15) is 25.3 Å².